The highest BCUT2D eigenvalue weighted by Crippen LogP contribution is 2.23. The molecule has 3 rings (SSSR count). The van der Waals surface area contributed by atoms with Crippen molar-refractivity contribution in [2.75, 3.05) is 24.5 Å². The number of aryl methyl sites for hydroxylation is 1. The van der Waals surface area contributed by atoms with E-state index in [-0.39, 0.29) is 0 Å². The fraction of sp³-hybridized carbons (Fsp3) is 0.429. The second-order valence-corrected chi connectivity index (χ2v) is 5.66. The average Bonchev–Trinajstić information content (AvgIpc) is 2.92. The Labute approximate surface area is 123 Å². The summed E-state index contributed by atoms with van der Waals surface area (Å²) < 4.78 is 0. The molecule has 0 unspecified atom stereocenters. The van der Waals surface area contributed by atoms with Gasteiger partial charge in [-0.25, -0.2) is 0 Å². The lowest BCUT2D eigenvalue weighted by molar-refractivity contribution is 0.480. The second-order valence-electron chi connectivity index (χ2n) is 5.25. The largest absolute Gasteiger partial charge is 0.337 e. The van der Waals surface area contributed by atoms with E-state index >= 15 is 0 Å². The molecule has 106 valence electrons. The summed E-state index contributed by atoms with van der Waals surface area (Å²) in [5, 5.41) is 11.5. The van der Waals surface area contributed by atoms with Gasteiger partial charge < -0.3 is 10.2 Å². The Morgan fingerprint density at radius 3 is 3.00 bits per heavy atom. The van der Waals surface area contributed by atoms with Crippen molar-refractivity contribution in [3.05, 3.63) is 28.8 Å². The van der Waals surface area contributed by atoms with Gasteiger partial charge in [0.15, 0.2) is 5.82 Å². The molecule has 5 nitrogen and oxygen atoms in total. The van der Waals surface area contributed by atoms with Gasteiger partial charge in [-0.1, -0.05) is 11.6 Å². The van der Waals surface area contributed by atoms with Gasteiger partial charge in [-0.15, -0.1) is 5.10 Å². The molecular formula is C14H18ClN5. The van der Waals surface area contributed by atoms with Crippen molar-refractivity contribution in [3.63, 3.8) is 0 Å². The molecule has 0 spiro atoms. The van der Waals surface area contributed by atoms with Gasteiger partial charge in [0, 0.05) is 36.3 Å². The first-order valence-electron chi connectivity index (χ1n) is 6.81. The van der Waals surface area contributed by atoms with Gasteiger partial charge in [0.05, 0.1) is 0 Å². The monoisotopic (exact) mass is 291 g/mol. The zero-order valence-electron chi connectivity index (χ0n) is 11.7. The van der Waals surface area contributed by atoms with Crippen LogP contribution < -0.4 is 10.2 Å². The quantitative estimate of drug-likeness (QED) is 0.891. The Kier molecular flexibility index (Phi) is 3.63. The standard InChI is InChI=1S/C14H18ClN5/c1-9-7-11(3-4-12(9)15)13-17-14(19-18-13)20-6-5-16-10(2)8-20/h3-4,7,10,16H,5-6,8H2,1-2H3,(H,17,18,19)/t10-/m0/s1. The van der Waals surface area contributed by atoms with Crippen molar-refractivity contribution in [2.45, 2.75) is 19.9 Å². The predicted molar refractivity (Wildman–Crippen MR) is 81.2 cm³/mol. The number of rotatable bonds is 2. The first-order valence-corrected chi connectivity index (χ1v) is 7.18. The molecule has 0 amide bonds. The van der Waals surface area contributed by atoms with Crippen LogP contribution in [-0.4, -0.2) is 40.9 Å². The molecule has 0 aliphatic carbocycles. The third-order valence-corrected chi connectivity index (χ3v) is 3.98. The number of aromatic nitrogens is 3. The van der Waals surface area contributed by atoms with Crippen molar-refractivity contribution in [1.82, 2.24) is 20.5 Å². The molecule has 2 aromatic rings. The van der Waals surface area contributed by atoms with E-state index in [0.717, 1.165) is 47.6 Å². The van der Waals surface area contributed by atoms with Crippen molar-refractivity contribution in [1.29, 1.82) is 0 Å². The van der Waals surface area contributed by atoms with Gasteiger partial charge >= 0.3 is 0 Å². The van der Waals surface area contributed by atoms with Gasteiger partial charge in [-0.2, -0.15) is 4.98 Å². The maximum Gasteiger partial charge on any atom is 0.245 e. The summed E-state index contributed by atoms with van der Waals surface area (Å²) in [6.45, 7) is 6.98. The number of anilines is 1. The predicted octanol–water partition coefficient (Wildman–Crippen LogP) is 2.23. The molecule has 1 aliphatic heterocycles. The Balaban J connectivity index is 1.84. The first-order chi connectivity index (χ1) is 9.63. The van der Waals surface area contributed by atoms with Crippen LogP contribution in [0, 0.1) is 6.92 Å². The fourth-order valence-corrected chi connectivity index (χ4v) is 2.55. The number of nitrogens with zero attached hydrogens (tertiary/aromatic N) is 3. The number of piperazine rings is 1. The van der Waals surface area contributed by atoms with E-state index in [1.54, 1.807) is 0 Å². The van der Waals surface area contributed by atoms with Crippen LogP contribution in [0.1, 0.15) is 12.5 Å². The van der Waals surface area contributed by atoms with Crippen LogP contribution in [0.15, 0.2) is 18.2 Å². The van der Waals surface area contributed by atoms with Crippen molar-refractivity contribution >= 4 is 17.5 Å². The Morgan fingerprint density at radius 2 is 2.25 bits per heavy atom. The molecule has 1 aromatic heterocycles. The minimum absolute atomic E-state index is 0.462. The highest BCUT2D eigenvalue weighted by Gasteiger charge is 2.19. The molecule has 20 heavy (non-hydrogen) atoms. The lowest BCUT2D eigenvalue weighted by Gasteiger charge is -2.30. The van der Waals surface area contributed by atoms with Crippen LogP contribution in [0.4, 0.5) is 5.95 Å². The highest BCUT2D eigenvalue weighted by atomic mass is 35.5. The molecule has 6 heteroatoms. The zero-order valence-corrected chi connectivity index (χ0v) is 12.4. The number of H-pyrrole nitrogens is 1. The molecule has 1 aromatic carbocycles. The van der Waals surface area contributed by atoms with Crippen molar-refractivity contribution < 1.29 is 0 Å². The van der Waals surface area contributed by atoms with E-state index in [1.807, 2.05) is 25.1 Å². The molecule has 0 bridgehead atoms. The molecule has 1 aliphatic rings. The highest BCUT2D eigenvalue weighted by molar-refractivity contribution is 6.31. The number of hydrogen-bond acceptors (Lipinski definition) is 4. The van der Waals surface area contributed by atoms with Crippen molar-refractivity contribution in [2.24, 2.45) is 0 Å². The van der Waals surface area contributed by atoms with Crippen LogP contribution in [0.3, 0.4) is 0 Å². The molecular weight excluding hydrogens is 274 g/mol. The molecule has 0 radical (unpaired) electrons. The summed E-state index contributed by atoms with van der Waals surface area (Å²) in [4.78, 5) is 6.80. The lowest BCUT2D eigenvalue weighted by Crippen LogP contribution is -2.49. The molecule has 2 N–H and O–H groups in total. The van der Waals surface area contributed by atoms with E-state index in [2.05, 4.69) is 32.3 Å². The topological polar surface area (TPSA) is 56.8 Å². The zero-order chi connectivity index (χ0) is 14.1. The smallest absolute Gasteiger partial charge is 0.245 e. The van der Waals surface area contributed by atoms with Crippen LogP contribution in [0.2, 0.25) is 5.02 Å². The summed E-state index contributed by atoms with van der Waals surface area (Å²) in [7, 11) is 0. The SMILES string of the molecule is Cc1cc(-c2nc(N3CCN[C@@H](C)C3)n[nH]2)ccc1Cl. The van der Waals surface area contributed by atoms with Gasteiger partial charge in [-0.05, 0) is 37.6 Å². The molecule has 2 heterocycles. The average molecular weight is 292 g/mol. The van der Waals surface area contributed by atoms with E-state index < -0.39 is 0 Å². The third kappa shape index (κ3) is 2.64. The number of nitrogens with one attached hydrogen (secondary N) is 2. The molecule has 0 saturated carbocycles. The normalized spacial score (nSPS) is 19.4. The van der Waals surface area contributed by atoms with Crippen LogP contribution in [0.25, 0.3) is 11.4 Å². The number of halogens is 1. The fourth-order valence-electron chi connectivity index (χ4n) is 2.43. The number of benzene rings is 1. The maximum absolute atomic E-state index is 6.05. The van der Waals surface area contributed by atoms with Gasteiger partial charge in [0.1, 0.15) is 0 Å². The van der Waals surface area contributed by atoms with Gasteiger partial charge in [0.2, 0.25) is 5.95 Å². The van der Waals surface area contributed by atoms with Crippen LogP contribution >= 0.6 is 11.6 Å². The first kappa shape index (κ1) is 13.4. The summed E-state index contributed by atoms with van der Waals surface area (Å²) in [6.07, 6.45) is 0. The van der Waals surface area contributed by atoms with E-state index in [0.29, 0.717) is 6.04 Å². The van der Waals surface area contributed by atoms with E-state index in [1.165, 1.54) is 0 Å². The third-order valence-electron chi connectivity index (χ3n) is 3.56. The van der Waals surface area contributed by atoms with E-state index in [4.69, 9.17) is 11.6 Å². The Morgan fingerprint density at radius 1 is 1.40 bits per heavy atom. The van der Waals surface area contributed by atoms with Crippen molar-refractivity contribution in [3.8, 4) is 11.4 Å². The number of aromatic amines is 1. The molecule has 1 fully saturated rings. The summed E-state index contributed by atoms with van der Waals surface area (Å²) >= 11 is 6.05. The minimum atomic E-state index is 0.462. The Bertz CT molecular complexity index is 609. The van der Waals surface area contributed by atoms with Crippen LogP contribution in [-0.2, 0) is 0 Å². The molecule has 1 atom stereocenters. The number of hydrogen-bond donors (Lipinski definition) is 2. The minimum Gasteiger partial charge on any atom is -0.337 e. The Hall–Kier alpha value is -1.59. The van der Waals surface area contributed by atoms with Crippen LogP contribution in [0.5, 0.6) is 0 Å². The lowest BCUT2D eigenvalue weighted by atomic mass is 10.1. The second kappa shape index (κ2) is 5.42. The van der Waals surface area contributed by atoms with E-state index in [9.17, 15) is 0 Å². The maximum atomic E-state index is 6.05. The summed E-state index contributed by atoms with van der Waals surface area (Å²) in [5.41, 5.74) is 2.05. The summed E-state index contributed by atoms with van der Waals surface area (Å²) in [6, 6.07) is 6.33. The van der Waals surface area contributed by atoms with Gasteiger partial charge in [0.25, 0.3) is 0 Å². The summed E-state index contributed by atoms with van der Waals surface area (Å²) in [5.74, 6) is 1.55. The molecule has 1 saturated heterocycles. The van der Waals surface area contributed by atoms with Gasteiger partial charge in [-0.3, -0.25) is 5.10 Å².